The highest BCUT2D eigenvalue weighted by atomic mass is 32.2. The number of nitrogens with zero attached hydrogens (tertiary/aromatic N) is 1. The summed E-state index contributed by atoms with van der Waals surface area (Å²) >= 11 is 1.21. The molecule has 2 N–H and O–H groups in total. The Hall–Kier alpha value is -4.16. The Labute approximate surface area is 250 Å². The number of nitrogens with one attached hydrogen (secondary N) is 2. The van der Waals surface area contributed by atoms with Gasteiger partial charge >= 0.3 is 0 Å². The van der Waals surface area contributed by atoms with E-state index in [9.17, 15) is 12.8 Å². The summed E-state index contributed by atoms with van der Waals surface area (Å²) in [5.74, 6) is -2.21. The number of rotatable bonds is 7. The zero-order valence-corrected chi connectivity index (χ0v) is 24.9. The zero-order valence-electron chi connectivity index (χ0n) is 23.3. The molecule has 12 heteroatoms. The summed E-state index contributed by atoms with van der Waals surface area (Å²) in [5.41, 5.74) is 1.54. The van der Waals surface area contributed by atoms with E-state index in [0.29, 0.717) is 40.3 Å². The van der Waals surface area contributed by atoms with Gasteiger partial charge in [0.05, 0.1) is 28.3 Å². The van der Waals surface area contributed by atoms with E-state index in [0.717, 1.165) is 17.2 Å². The fourth-order valence-corrected chi connectivity index (χ4v) is 6.41. The van der Waals surface area contributed by atoms with Crippen molar-refractivity contribution in [2.24, 2.45) is 0 Å². The highest BCUT2D eigenvalue weighted by Gasteiger charge is 2.38. The van der Waals surface area contributed by atoms with Crippen molar-refractivity contribution in [1.82, 2.24) is 15.0 Å². The SMILES string of the molecule is CSc1c(Oc2ccc(F)c(-c3nc(C4(C)CCOc5c(/C=C/S(C)(=O)=O)cccc54)c[nH]3)c2)c(F)c(F)c2[nH]ccc12. The summed E-state index contributed by atoms with van der Waals surface area (Å²) in [6, 6.07) is 11.0. The van der Waals surface area contributed by atoms with Crippen LogP contribution in [0, 0.1) is 17.5 Å². The maximum atomic E-state index is 15.1. The number of benzene rings is 3. The van der Waals surface area contributed by atoms with Crippen molar-refractivity contribution in [1.29, 1.82) is 0 Å². The summed E-state index contributed by atoms with van der Waals surface area (Å²) in [6.07, 6.45) is 8.13. The van der Waals surface area contributed by atoms with Crippen molar-refractivity contribution in [3.05, 3.63) is 94.5 Å². The molecule has 0 fully saturated rings. The summed E-state index contributed by atoms with van der Waals surface area (Å²) in [7, 11) is -3.34. The number of halogens is 3. The van der Waals surface area contributed by atoms with Gasteiger partial charge in [0.15, 0.2) is 21.4 Å². The molecule has 0 bridgehead atoms. The van der Waals surface area contributed by atoms with Gasteiger partial charge in [-0.25, -0.2) is 22.2 Å². The van der Waals surface area contributed by atoms with Gasteiger partial charge in [-0.1, -0.05) is 18.2 Å². The van der Waals surface area contributed by atoms with Gasteiger partial charge in [-0.2, -0.15) is 4.39 Å². The highest BCUT2D eigenvalue weighted by molar-refractivity contribution is 7.99. The molecule has 3 heterocycles. The van der Waals surface area contributed by atoms with Crippen LogP contribution in [0.15, 0.2) is 65.2 Å². The Morgan fingerprint density at radius 2 is 1.93 bits per heavy atom. The van der Waals surface area contributed by atoms with E-state index in [2.05, 4.69) is 9.97 Å². The molecule has 0 aliphatic carbocycles. The first-order valence-electron chi connectivity index (χ1n) is 13.2. The average molecular weight is 626 g/mol. The van der Waals surface area contributed by atoms with E-state index in [4.69, 9.17) is 14.5 Å². The van der Waals surface area contributed by atoms with Gasteiger partial charge in [0.25, 0.3) is 0 Å². The molecule has 6 rings (SSSR count). The van der Waals surface area contributed by atoms with E-state index < -0.39 is 32.7 Å². The number of thioether (sulfide) groups is 1. The van der Waals surface area contributed by atoms with Crippen LogP contribution in [0.25, 0.3) is 28.4 Å². The van der Waals surface area contributed by atoms with Gasteiger partial charge in [-0.3, -0.25) is 0 Å². The monoisotopic (exact) mass is 625 g/mol. The zero-order chi connectivity index (χ0) is 30.5. The van der Waals surface area contributed by atoms with Crippen LogP contribution in [0.1, 0.15) is 30.2 Å². The lowest BCUT2D eigenvalue weighted by molar-refractivity contribution is 0.241. The number of ether oxygens (including phenoxy) is 2. The fourth-order valence-electron chi connectivity index (χ4n) is 5.31. The van der Waals surface area contributed by atoms with E-state index in [1.54, 1.807) is 24.6 Å². The number of hydrogen-bond acceptors (Lipinski definition) is 6. The number of sulfone groups is 1. The molecule has 7 nitrogen and oxygen atoms in total. The standard InChI is InChI=1S/C31H26F3N3O4S2/c1-31(11-13-40-27-17(5-4-6-21(27)31)10-14-43(3,38)39)23-16-36-30(37-23)20-15-18(7-8-22(20)32)41-28-25(34)24(33)26-19(9-12-35-26)29(28)42-2/h4-10,12,14-16,35H,11,13H2,1-3H3,(H,36,37)/b14-10+. The Morgan fingerprint density at radius 3 is 2.70 bits per heavy atom. The first-order chi connectivity index (χ1) is 20.5. The lowest BCUT2D eigenvalue weighted by atomic mass is 9.75. The average Bonchev–Trinajstić information content (AvgIpc) is 3.67. The molecule has 1 unspecified atom stereocenters. The third kappa shape index (κ3) is 5.18. The van der Waals surface area contributed by atoms with Gasteiger partial charge in [0.2, 0.25) is 5.82 Å². The number of fused-ring (bicyclic) bond motifs is 2. The maximum absolute atomic E-state index is 15.1. The Kier molecular flexibility index (Phi) is 7.29. The number of para-hydroxylation sites is 1. The van der Waals surface area contributed by atoms with Crippen LogP contribution < -0.4 is 9.47 Å². The van der Waals surface area contributed by atoms with Crippen LogP contribution in [-0.4, -0.2) is 42.5 Å². The molecule has 2 aromatic heterocycles. The number of aromatic amines is 2. The second-order valence-corrected chi connectivity index (χ2v) is 13.2. The molecule has 0 radical (unpaired) electrons. The van der Waals surface area contributed by atoms with E-state index in [-0.39, 0.29) is 28.4 Å². The van der Waals surface area contributed by atoms with E-state index in [1.165, 1.54) is 42.2 Å². The largest absolute Gasteiger partial charge is 0.493 e. The molecular weight excluding hydrogens is 599 g/mol. The Balaban J connectivity index is 1.36. The van der Waals surface area contributed by atoms with E-state index in [1.807, 2.05) is 19.1 Å². The van der Waals surface area contributed by atoms with Crippen LogP contribution >= 0.6 is 11.8 Å². The first kappa shape index (κ1) is 28.9. The second kappa shape index (κ2) is 10.8. The molecule has 0 saturated carbocycles. The third-order valence-electron chi connectivity index (χ3n) is 7.55. The number of aromatic nitrogens is 3. The molecule has 222 valence electrons. The summed E-state index contributed by atoms with van der Waals surface area (Å²) in [4.78, 5) is 10.9. The molecule has 0 saturated heterocycles. The van der Waals surface area contributed by atoms with Gasteiger partial charge in [0, 0.05) is 46.0 Å². The van der Waals surface area contributed by atoms with Gasteiger partial charge in [-0.15, -0.1) is 11.8 Å². The van der Waals surface area contributed by atoms with Crippen molar-refractivity contribution in [3.8, 4) is 28.6 Å². The fraction of sp³-hybridized carbons (Fsp3) is 0.194. The second-order valence-electron chi connectivity index (χ2n) is 10.4. The summed E-state index contributed by atoms with van der Waals surface area (Å²) < 4.78 is 80.2. The van der Waals surface area contributed by atoms with Crippen LogP contribution in [-0.2, 0) is 15.3 Å². The molecule has 1 atom stereocenters. The summed E-state index contributed by atoms with van der Waals surface area (Å²) in [5, 5.41) is 1.60. The Morgan fingerprint density at radius 1 is 1.12 bits per heavy atom. The molecule has 0 spiro atoms. The molecule has 1 aliphatic heterocycles. The molecule has 5 aromatic rings. The maximum Gasteiger partial charge on any atom is 0.204 e. The predicted molar refractivity (Wildman–Crippen MR) is 161 cm³/mol. The minimum atomic E-state index is -3.34. The van der Waals surface area contributed by atoms with Crippen molar-refractivity contribution < 1.29 is 31.1 Å². The molecule has 43 heavy (non-hydrogen) atoms. The number of hydrogen-bond donors (Lipinski definition) is 2. The molecule has 0 amide bonds. The lowest BCUT2D eigenvalue weighted by Gasteiger charge is -2.35. The third-order valence-corrected chi connectivity index (χ3v) is 9.00. The first-order valence-corrected chi connectivity index (χ1v) is 16.4. The molecule has 3 aromatic carbocycles. The van der Waals surface area contributed by atoms with Crippen LogP contribution in [0.5, 0.6) is 17.2 Å². The predicted octanol–water partition coefficient (Wildman–Crippen LogP) is 7.59. The van der Waals surface area contributed by atoms with Crippen molar-refractivity contribution in [2.75, 3.05) is 19.1 Å². The lowest BCUT2D eigenvalue weighted by Crippen LogP contribution is -2.31. The minimum Gasteiger partial charge on any atom is -0.493 e. The molecule has 1 aliphatic rings. The van der Waals surface area contributed by atoms with Crippen molar-refractivity contribution >= 4 is 38.6 Å². The minimum absolute atomic E-state index is 0.0406. The topological polar surface area (TPSA) is 97.1 Å². The van der Waals surface area contributed by atoms with Crippen LogP contribution in [0.2, 0.25) is 0 Å². The normalized spacial score (nSPS) is 16.9. The van der Waals surface area contributed by atoms with Gasteiger partial charge < -0.3 is 19.4 Å². The quantitative estimate of drug-likeness (QED) is 0.181. The summed E-state index contributed by atoms with van der Waals surface area (Å²) in [6.45, 7) is 2.35. The van der Waals surface area contributed by atoms with Crippen molar-refractivity contribution in [2.45, 2.75) is 23.7 Å². The van der Waals surface area contributed by atoms with Gasteiger partial charge in [0.1, 0.15) is 23.1 Å². The van der Waals surface area contributed by atoms with Crippen molar-refractivity contribution in [3.63, 3.8) is 0 Å². The van der Waals surface area contributed by atoms with Crippen LogP contribution in [0.4, 0.5) is 13.2 Å². The highest BCUT2D eigenvalue weighted by Crippen LogP contribution is 2.46. The number of H-pyrrole nitrogens is 2. The Bertz CT molecular complexity index is 2020. The van der Waals surface area contributed by atoms with E-state index >= 15 is 8.78 Å². The van der Waals surface area contributed by atoms with Gasteiger partial charge in [-0.05, 0) is 49.9 Å². The smallest absolute Gasteiger partial charge is 0.204 e. The number of imidazole rings is 1. The molecular formula is C31H26F3N3O4S2. The van der Waals surface area contributed by atoms with Crippen LogP contribution in [0.3, 0.4) is 0 Å².